The Morgan fingerprint density at radius 1 is 0.288 bits per heavy atom. The zero-order chi connectivity index (χ0) is 37.4. The molecule has 12 bridgehead atoms. The van der Waals surface area contributed by atoms with Crippen molar-refractivity contribution in [2.45, 2.75) is 163 Å². The molecule has 0 saturated heterocycles. The summed E-state index contributed by atoms with van der Waals surface area (Å²) in [4.78, 5) is 17.1. The van der Waals surface area contributed by atoms with Gasteiger partial charge in [0.2, 0.25) is 0 Å². The molecule has 0 N–H and O–H groups in total. The van der Waals surface area contributed by atoms with Crippen molar-refractivity contribution in [3.63, 3.8) is 0 Å². The van der Waals surface area contributed by atoms with E-state index in [1.165, 1.54) is 81.0 Å². The van der Waals surface area contributed by atoms with E-state index in [0.29, 0.717) is 0 Å². The quantitative estimate of drug-likeness (QED) is 0.149. The summed E-state index contributed by atoms with van der Waals surface area (Å²) < 4.78 is 0. The molecule has 0 radical (unpaired) electrons. The lowest BCUT2D eigenvalue weighted by molar-refractivity contribution is 0.584. The Labute approximate surface area is 348 Å². The summed E-state index contributed by atoms with van der Waals surface area (Å²) in [7, 11) is 0. The van der Waals surface area contributed by atoms with E-state index in [2.05, 4.69) is 179 Å². The summed E-state index contributed by atoms with van der Waals surface area (Å²) in [6.07, 6.45) is 0. The second-order valence-corrected chi connectivity index (χ2v) is 26.8. The molecule has 0 aliphatic carbocycles. The molecule has 3 heterocycles. The Morgan fingerprint density at radius 3 is 0.577 bits per heavy atom. The lowest BCUT2D eigenvalue weighted by atomic mass is 9.87. The Balaban J connectivity index is 1.61. The molecule has 3 aliphatic heterocycles. The van der Waals surface area contributed by atoms with E-state index in [9.17, 15) is 0 Å². The maximum absolute atomic E-state index is 2.54. The standard InChI is InChI=1S/C44H52S8/c1-41(2,3)25-17-29-37-33(21-25)51-34-22-27(43(7,8)9)19-31-39(34)47-15-16-48-40-32(50-31)20-28(44(10,11)12)24-36(40)52-35-23-26(42(4,5)6)18-30(49-29)38(35)46-14-13-45-37/h17-24H,13-16H2,1-12H3. The summed E-state index contributed by atoms with van der Waals surface area (Å²) in [5.41, 5.74) is 5.79. The Hall–Kier alpha value is -0.320. The van der Waals surface area contributed by atoms with Gasteiger partial charge < -0.3 is 0 Å². The van der Waals surface area contributed by atoms with Gasteiger partial charge >= 0.3 is 0 Å². The highest BCUT2D eigenvalue weighted by Crippen LogP contribution is 2.56. The second-order valence-electron chi connectivity index (χ2n) is 18.0. The van der Waals surface area contributed by atoms with Crippen LogP contribution in [0.1, 0.15) is 105 Å². The molecular formula is C44H52S8. The van der Waals surface area contributed by atoms with Gasteiger partial charge in [-0.2, -0.15) is 0 Å². The van der Waals surface area contributed by atoms with Crippen LogP contribution in [0.2, 0.25) is 0 Å². The maximum atomic E-state index is 2.54. The van der Waals surface area contributed by atoms with Crippen molar-refractivity contribution in [1.29, 1.82) is 0 Å². The monoisotopic (exact) mass is 836 g/mol. The predicted octanol–water partition coefficient (Wildman–Crippen LogP) is 16.2. The van der Waals surface area contributed by atoms with Crippen LogP contribution in [0.15, 0.2) is 107 Å². The van der Waals surface area contributed by atoms with Gasteiger partial charge in [0.05, 0.1) is 0 Å². The minimum atomic E-state index is 0.0341. The van der Waals surface area contributed by atoms with Crippen LogP contribution < -0.4 is 0 Å². The maximum Gasteiger partial charge on any atom is 0.0352 e. The molecule has 52 heavy (non-hydrogen) atoms. The average Bonchev–Trinajstić information content (AvgIpc) is 3.17. The molecule has 4 aromatic carbocycles. The Kier molecular flexibility index (Phi) is 11.4. The van der Waals surface area contributed by atoms with Crippen LogP contribution in [-0.4, -0.2) is 23.0 Å². The number of benzene rings is 4. The largest absolute Gasteiger partial charge is 0.123 e. The van der Waals surface area contributed by atoms with E-state index in [1.807, 2.05) is 47.0 Å². The van der Waals surface area contributed by atoms with Crippen LogP contribution in [0.25, 0.3) is 0 Å². The first kappa shape index (κ1) is 39.9. The summed E-state index contributed by atoms with van der Waals surface area (Å²) in [5.74, 6) is 4.34. The van der Waals surface area contributed by atoms with Gasteiger partial charge in [-0.15, -0.1) is 47.0 Å². The minimum absolute atomic E-state index is 0.0341. The van der Waals surface area contributed by atoms with Gasteiger partial charge in [-0.3, -0.25) is 0 Å². The van der Waals surface area contributed by atoms with Crippen molar-refractivity contribution in [3.05, 3.63) is 70.8 Å². The van der Waals surface area contributed by atoms with Crippen LogP contribution in [0.3, 0.4) is 0 Å². The fraction of sp³-hybridized carbons (Fsp3) is 0.455. The van der Waals surface area contributed by atoms with Gasteiger partial charge in [0, 0.05) is 81.8 Å². The topological polar surface area (TPSA) is 0 Å². The van der Waals surface area contributed by atoms with Crippen molar-refractivity contribution in [2.24, 2.45) is 0 Å². The first-order valence-corrected chi connectivity index (χ1v) is 25.4. The predicted molar refractivity (Wildman–Crippen MR) is 240 cm³/mol. The summed E-state index contributed by atoms with van der Waals surface area (Å²) in [5, 5.41) is 0. The first-order valence-electron chi connectivity index (χ1n) is 18.2. The van der Waals surface area contributed by atoms with Crippen LogP contribution in [0.4, 0.5) is 0 Å². The molecule has 0 unspecified atom stereocenters. The van der Waals surface area contributed by atoms with Crippen molar-refractivity contribution in [2.75, 3.05) is 23.0 Å². The molecule has 8 heteroatoms. The molecule has 0 spiro atoms. The highest BCUT2D eigenvalue weighted by Gasteiger charge is 2.30. The van der Waals surface area contributed by atoms with Crippen molar-refractivity contribution in [1.82, 2.24) is 0 Å². The number of hydrogen-bond acceptors (Lipinski definition) is 8. The minimum Gasteiger partial charge on any atom is -0.123 e. The normalized spacial score (nSPS) is 16.7. The zero-order valence-corrected chi connectivity index (χ0v) is 39.2. The third-order valence-corrected chi connectivity index (χ3v) is 20.0. The van der Waals surface area contributed by atoms with Gasteiger partial charge in [-0.05, 0) is 92.4 Å². The van der Waals surface area contributed by atoms with E-state index in [0.717, 1.165) is 23.0 Å². The average molecular weight is 837 g/mol. The highest BCUT2D eigenvalue weighted by atomic mass is 32.2. The molecule has 0 atom stereocenters. The number of rotatable bonds is 0. The SMILES string of the molecule is CC(C)(C)c1cc2c3c(c1)Sc1cc(C(C)(C)C)cc4c1SCCSc1c(cc(C(C)(C)C)cc1Sc1cc(C(C)(C)C)cc(c1SCCS3)S2)S4. The molecule has 0 saturated carbocycles. The molecule has 7 rings (SSSR count). The molecule has 276 valence electrons. The molecule has 4 aromatic rings. The third kappa shape index (κ3) is 8.50. The number of hydrogen-bond donors (Lipinski definition) is 0. The first-order chi connectivity index (χ1) is 24.3. The smallest absolute Gasteiger partial charge is 0.0352 e. The van der Waals surface area contributed by atoms with Gasteiger partial charge in [0.15, 0.2) is 0 Å². The molecule has 0 amide bonds. The van der Waals surface area contributed by atoms with E-state index >= 15 is 0 Å². The van der Waals surface area contributed by atoms with Crippen LogP contribution in [-0.2, 0) is 21.7 Å². The van der Waals surface area contributed by atoms with Crippen molar-refractivity contribution >= 4 is 94.1 Å². The van der Waals surface area contributed by atoms with Gasteiger partial charge in [0.25, 0.3) is 0 Å². The number of thioether (sulfide) groups is 4. The van der Waals surface area contributed by atoms with E-state index in [4.69, 9.17) is 0 Å². The zero-order valence-electron chi connectivity index (χ0n) is 32.7. The second kappa shape index (κ2) is 14.9. The fourth-order valence-corrected chi connectivity index (χ4v) is 16.8. The van der Waals surface area contributed by atoms with Crippen molar-refractivity contribution < 1.29 is 0 Å². The third-order valence-electron chi connectivity index (χ3n) is 9.58. The molecular weight excluding hydrogens is 785 g/mol. The van der Waals surface area contributed by atoms with Crippen LogP contribution in [0.5, 0.6) is 0 Å². The Morgan fingerprint density at radius 2 is 0.442 bits per heavy atom. The summed E-state index contributed by atoms with van der Waals surface area (Å²) in [6.45, 7) is 28.5. The van der Waals surface area contributed by atoms with Gasteiger partial charge in [0.1, 0.15) is 0 Å². The van der Waals surface area contributed by atoms with Crippen LogP contribution >= 0.6 is 94.1 Å². The highest BCUT2D eigenvalue weighted by molar-refractivity contribution is 8.08. The lowest BCUT2D eigenvalue weighted by Gasteiger charge is -2.27. The van der Waals surface area contributed by atoms with E-state index < -0.39 is 0 Å². The van der Waals surface area contributed by atoms with Gasteiger partial charge in [-0.25, -0.2) is 0 Å². The Bertz CT molecular complexity index is 1740. The van der Waals surface area contributed by atoms with Crippen molar-refractivity contribution in [3.8, 4) is 0 Å². The van der Waals surface area contributed by atoms with E-state index in [1.54, 1.807) is 0 Å². The van der Waals surface area contributed by atoms with Gasteiger partial charge in [-0.1, -0.05) is 130 Å². The van der Waals surface area contributed by atoms with E-state index in [-0.39, 0.29) is 21.7 Å². The molecule has 0 nitrogen and oxygen atoms in total. The molecule has 3 aliphatic rings. The summed E-state index contributed by atoms with van der Waals surface area (Å²) in [6, 6.07) is 20.3. The molecule has 0 aromatic heterocycles. The fourth-order valence-electron chi connectivity index (χ4n) is 6.26. The van der Waals surface area contributed by atoms with Crippen LogP contribution in [0, 0.1) is 0 Å². The lowest BCUT2D eigenvalue weighted by Crippen LogP contribution is -2.13. The summed E-state index contributed by atoms with van der Waals surface area (Å²) >= 11 is 16.4. The molecule has 0 fully saturated rings.